The maximum Gasteiger partial charge on any atom is 0.242 e. The number of hydrogen-bond acceptors (Lipinski definition) is 5. The molecule has 0 rings (SSSR count). The molecule has 0 aliphatic heterocycles. The molecule has 0 aromatic heterocycles. The molecule has 0 aromatic carbocycles. The van der Waals surface area contributed by atoms with Crippen LogP contribution in [0.15, 0.2) is 0 Å². The molecule has 7 heteroatoms. The Labute approximate surface area is 93.6 Å². The van der Waals surface area contributed by atoms with Crippen LogP contribution in [-0.4, -0.2) is 60.4 Å². The predicted molar refractivity (Wildman–Crippen MR) is 56.4 cm³/mol. The first-order valence-electron chi connectivity index (χ1n) is 4.76. The summed E-state index contributed by atoms with van der Waals surface area (Å²) in [4.78, 5) is 34.4. The van der Waals surface area contributed by atoms with Gasteiger partial charge in [-0.2, -0.15) is 0 Å². The van der Waals surface area contributed by atoms with E-state index in [9.17, 15) is 14.4 Å². The van der Waals surface area contributed by atoms with E-state index in [1.165, 1.54) is 18.9 Å². The third-order valence-electron chi connectivity index (χ3n) is 1.83. The number of amides is 2. The highest BCUT2D eigenvalue weighted by Crippen LogP contribution is 1.85. The lowest BCUT2D eigenvalue weighted by Crippen LogP contribution is -2.47. The zero-order chi connectivity index (χ0) is 12.7. The van der Waals surface area contributed by atoms with Gasteiger partial charge in [-0.1, -0.05) is 0 Å². The van der Waals surface area contributed by atoms with Crippen LogP contribution in [0.5, 0.6) is 0 Å². The third kappa shape index (κ3) is 5.42. The summed E-state index contributed by atoms with van der Waals surface area (Å²) in [7, 11) is 1.46. The normalized spacial score (nSPS) is 11.8. The minimum Gasteiger partial charge on any atom is -0.394 e. The first-order valence-corrected chi connectivity index (χ1v) is 4.76. The van der Waals surface area contributed by atoms with E-state index in [0.717, 1.165) is 0 Å². The van der Waals surface area contributed by atoms with Crippen LogP contribution in [0, 0.1) is 0 Å². The Morgan fingerprint density at radius 2 is 2.00 bits per heavy atom. The summed E-state index contributed by atoms with van der Waals surface area (Å²) in [5.41, 5.74) is 5.22. The van der Waals surface area contributed by atoms with E-state index in [-0.39, 0.29) is 18.9 Å². The fraction of sp³-hybridized carbons (Fsp3) is 0.667. The van der Waals surface area contributed by atoms with Crippen LogP contribution >= 0.6 is 0 Å². The number of aliphatic hydroxyl groups is 1. The van der Waals surface area contributed by atoms with Crippen molar-refractivity contribution >= 4 is 17.6 Å². The molecule has 16 heavy (non-hydrogen) atoms. The van der Waals surface area contributed by atoms with Crippen molar-refractivity contribution in [1.29, 1.82) is 0 Å². The molecule has 0 saturated heterocycles. The van der Waals surface area contributed by atoms with Gasteiger partial charge in [0.1, 0.15) is 11.8 Å². The number of aliphatic hydroxyl groups excluding tert-OH is 1. The van der Waals surface area contributed by atoms with Crippen LogP contribution in [0.1, 0.15) is 6.92 Å². The highest BCUT2D eigenvalue weighted by Gasteiger charge is 2.15. The molecule has 0 radical (unpaired) electrons. The lowest BCUT2D eigenvalue weighted by Gasteiger charge is -2.16. The largest absolute Gasteiger partial charge is 0.394 e. The summed E-state index contributed by atoms with van der Waals surface area (Å²) >= 11 is 0. The van der Waals surface area contributed by atoms with Gasteiger partial charge in [-0.05, 0) is 6.92 Å². The second kappa shape index (κ2) is 6.91. The molecule has 2 amide bonds. The first kappa shape index (κ1) is 14.5. The van der Waals surface area contributed by atoms with Crippen LogP contribution < -0.4 is 11.1 Å². The zero-order valence-electron chi connectivity index (χ0n) is 9.40. The number of Topliss-reactive ketones (excluding diaryl/α,β-unsaturated/α-hetero) is 1. The SMILES string of the molecule is CC(=O)CN(C)C(=O)CNC(=O)[C@@H](N)CO. The maximum atomic E-state index is 11.3. The molecule has 0 aliphatic carbocycles. The summed E-state index contributed by atoms with van der Waals surface area (Å²) in [6.45, 7) is 0.643. The number of hydrogen-bond donors (Lipinski definition) is 3. The van der Waals surface area contributed by atoms with Crippen molar-refractivity contribution in [3.8, 4) is 0 Å². The van der Waals surface area contributed by atoms with Crippen LogP contribution in [0.3, 0.4) is 0 Å². The molecular formula is C9H17N3O4. The fourth-order valence-corrected chi connectivity index (χ4v) is 0.934. The number of nitrogens with zero attached hydrogens (tertiary/aromatic N) is 1. The fourth-order valence-electron chi connectivity index (χ4n) is 0.934. The number of rotatable bonds is 6. The highest BCUT2D eigenvalue weighted by molar-refractivity contribution is 5.89. The van der Waals surface area contributed by atoms with Gasteiger partial charge in [-0.15, -0.1) is 0 Å². The molecule has 92 valence electrons. The van der Waals surface area contributed by atoms with Crippen LogP contribution in [0.2, 0.25) is 0 Å². The van der Waals surface area contributed by atoms with Gasteiger partial charge >= 0.3 is 0 Å². The Balaban J connectivity index is 3.97. The standard InChI is InChI=1S/C9H17N3O4/c1-6(14)4-12(2)8(15)3-11-9(16)7(10)5-13/h7,13H,3-5,10H2,1-2H3,(H,11,16)/t7-/m0/s1. The lowest BCUT2D eigenvalue weighted by atomic mass is 10.3. The predicted octanol–water partition coefficient (Wildman–Crippen LogP) is -2.53. The summed E-state index contributed by atoms with van der Waals surface area (Å²) < 4.78 is 0. The van der Waals surface area contributed by atoms with Crippen molar-refractivity contribution in [2.24, 2.45) is 5.73 Å². The molecular weight excluding hydrogens is 214 g/mol. The number of likely N-dealkylation sites (N-methyl/N-ethyl adjacent to an activating group) is 1. The van der Waals surface area contributed by atoms with Crippen LogP contribution in [0.25, 0.3) is 0 Å². The topological polar surface area (TPSA) is 113 Å². The van der Waals surface area contributed by atoms with Gasteiger partial charge in [0.05, 0.1) is 19.7 Å². The van der Waals surface area contributed by atoms with Crippen LogP contribution in [0.4, 0.5) is 0 Å². The molecule has 1 atom stereocenters. The Morgan fingerprint density at radius 1 is 1.44 bits per heavy atom. The minimum absolute atomic E-state index is 0.000751. The van der Waals surface area contributed by atoms with Gasteiger partial charge in [0.25, 0.3) is 0 Å². The van der Waals surface area contributed by atoms with E-state index in [2.05, 4.69) is 5.32 Å². The first-order chi connectivity index (χ1) is 7.38. The summed E-state index contributed by atoms with van der Waals surface area (Å²) in [5, 5.41) is 10.8. The number of nitrogens with one attached hydrogen (secondary N) is 1. The van der Waals surface area contributed by atoms with E-state index < -0.39 is 24.5 Å². The molecule has 0 aromatic rings. The maximum absolute atomic E-state index is 11.3. The minimum atomic E-state index is -1.04. The zero-order valence-corrected chi connectivity index (χ0v) is 9.40. The summed E-state index contributed by atoms with van der Waals surface area (Å²) in [6.07, 6.45) is 0. The van der Waals surface area contributed by atoms with Gasteiger partial charge in [0.2, 0.25) is 11.8 Å². The second-order valence-corrected chi connectivity index (χ2v) is 3.46. The molecule has 0 saturated carbocycles. The van der Waals surface area contributed by atoms with Gasteiger partial charge in [0, 0.05) is 7.05 Å². The Kier molecular flexibility index (Phi) is 6.28. The van der Waals surface area contributed by atoms with Crippen molar-refractivity contribution in [2.75, 3.05) is 26.7 Å². The molecule has 0 spiro atoms. The summed E-state index contributed by atoms with van der Waals surface area (Å²) in [6, 6.07) is -1.04. The number of ketones is 1. The Bertz CT molecular complexity index is 280. The number of carbonyl (C=O) groups is 3. The molecule has 0 unspecified atom stereocenters. The van der Waals surface area contributed by atoms with Crippen molar-refractivity contribution < 1.29 is 19.5 Å². The van der Waals surface area contributed by atoms with Crippen molar-refractivity contribution in [1.82, 2.24) is 10.2 Å². The average Bonchev–Trinajstić information content (AvgIpc) is 2.23. The Hall–Kier alpha value is -1.47. The molecule has 4 N–H and O–H groups in total. The van der Waals surface area contributed by atoms with Crippen molar-refractivity contribution in [3.63, 3.8) is 0 Å². The van der Waals surface area contributed by atoms with E-state index in [0.29, 0.717) is 0 Å². The van der Waals surface area contributed by atoms with Gasteiger partial charge in [-0.25, -0.2) is 0 Å². The van der Waals surface area contributed by atoms with Gasteiger partial charge in [0.15, 0.2) is 0 Å². The third-order valence-corrected chi connectivity index (χ3v) is 1.83. The smallest absolute Gasteiger partial charge is 0.242 e. The van der Waals surface area contributed by atoms with E-state index >= 15 is 0 Å². The van der Waals surface area contributed by atoms with E-state index in [4.69, 9.17) is 10.8 Å². The Morgan fingerprint density at radius 3 is 2.44 bits per heavy atom. The van der Waals surface area contributed by atoms with Gasteiger partial charge in [-0.3, -0.25) is 14.4 Å². The lowest BCUT2D eigenvalue weighted by molar-refractivity contribution is -0.134. The van der Waals surface area contributed by atoms with E-state index in [1.807, 2.05) is 0 Å². The molecule has 7 nitrogen and oxygen atoms in total. The summed E-state index contributed by atoms with van der Waals surface area (Å²) in [5.74, 6) is -1.14. The number of nitrogens with two attached hydrogens (primary N) is 1. The number of carbonyl (C=O) groups excluding carboxylic acids is 3. The van der Waals surface area contributed by atoms with Gasteiger partial charge < -0.3 is 21.1 Å². The average molecular weight is 231 g/mol. The monoisotopic (exact) mass is 231 g/mol. The molecule has 0 bridgehead atoms. The van der Waals surface area contributed by atoms with E-state index in [1.54, 1.807) is 0 Å². The second-order valence-electron chi connectivity index (χ2n) is 3.46. The quantitative estimate of drug-likeness (QED) is 0.466. The van der Waals surface area contributed by atoms with Crippen molar-refractivity contribution in [2.45, 2.75) is 13.0 Å². The molecule has 0 aliphatic rings. The molecule has 0 fully saturated rings. The highest BCUT2D eigenvalue weighted by atomic mass is 16.3. The van der Waals surface area contributed by atoms with Crippen LogP contribution in [-0.2, 0) is 14.4 Å². The molecule has 0 heterocycles. The van der Waals surface area contributed by atoms with Crippen molar-refractivity contribution in [3.05, 3.63) is 0 Å².